The molecule has 4 heteroatoms. The van der Waals surface area contributed by atoms with Gasteiger partial charge in [0.25, 0.3) is 0 Å². The van der Waals surface area contributed by atoms with Crippen molar-refractivity contribution in [3.8, 4) is 11.1 Å². The molecule has 0 N–H and O–H groups in total. The first-order valence-electron chi connectivity index (χ1n) is 4.58. The lowest BCUT2D eigenvalue weighted by molar-refractivity contribution is 0.112. The van der Waals surface area contributed by atoms with Gasteiger partial charge < -0.3 is 0 Å². The highest BCUT2D eigenvalue weighted by molar-refractivity contribution is 9.10. The first-order valence-corrected chi connectivity index (χ1v) is 5.75. The minimum atomic E-state index is 0.229. The Morgan fingerprint density at radius 3 is 2.81 bits per heavy atom. The van der Waals surface area contributed by atoms with E-state index in [2.05, 4.69) is 20.9 Å². The van der Waals surface area contributed by atoms with Gasteiger partial charge in [-0.15, -0.1) is 0 Å². The summed E-state index contributed by atoms with van der Waals surface area (Å²) in [5.41, 5.74) is 2.14. The average Bonchev–Trinajstić information content (AvgIpc) is 2.28. The summed E-state index contributed by atoms with van der Waals surface area (Å²) in [5, 5.41) is 0.229. The highest BCUT2D eigenvalue weighted by Crippen LogP contribution is 2.28. The zero-order valence-corrected chi connectivity index (χ0v) is 10.5. The monoisotopic (exact) mass is 295 g/mol. The molecule has 0 atom stereocenters. The summed E-state index contributed by atoms with van der Waals surface area (Å²) in [6.07, 6.45) is 2.32. The first kappa shape index (κ1) is 11.3. The van der Waals surface area contributed by atoms with Crippen LogP contribution in [0.15, 0.2) is 41.0 Å². The minimum Gasteiger partial charge on any atom is -0.298 e. The van der Waals surface area contributed by atoms with Crippen LogP contribution in [0.2, 0.25) is 5.15 Å². The van der Waals surface area contributed by atoms with E-state index in [0.29, 0.717) is 5.56 Å². The molecule has 0 radical (unpaired) electrons. The van der Waals surface area contributed by atoms with Crippen LogP contribution >= 0.6 is 27.5 Å². The third kappa shape index (κ3) is 2.15. The number of pyridine rings is 1. The molecule has 0 saturated heterocycles. The number of halogens is 2. The lowest BCUT2D eigenvalue weighted by atomic mass is 10.0. The van der Waals surface area contributed by atoms with Crippen LogP contribution in [0.5, 0.6) is 0 Å². The Morgan fingerprint density at radius 2 is 2.12 bits per heavy atom. The summed E-state index contributed by atoms with van der Waals surface area (Å²) in [7, 11) is 0. The van der Waals surface area contributed by atoms with Crippen LogP contribution in [0.3, 0.4) is 0 Å². The molecule has 0 saturated carbocycles. The maximum absolute atomic E-state index is 11.0. The number of rotatable bonds is 2. The summed E-state index contributed by atoms with van der Waals surface area (Å²) in [6, 6.07) is 9.45. The van der Waals surface area contributed by atoms with E-state index < -0.39 is 0 Å². The molecule has 1 aromatic heterocycles. The van der Waals surface area contributed by atoms with Crippen LogP contribution in [0, 0.1) is 0 Å². The van der Waals surface area contributed by atoms with Crippen molar-refractivity contribution in [2.24, 2.45) is 0 Å². The number of aldehydes is 1. The number of carbonyl (C=O) groups excluding carboxylic acids is 1. The second-order valence-electron chi connectivity index (χ2n) is 3.19. The van der Waals surface area contributed by atoms with E-state index in [9.17, 15) is 4.79 Å². The van der Waals surface area contributed by atoms with Crippen molar-refractivity contribution in [1.82, 2.24) is 4.98 Å². The van der Waals surface area contributed by atoms with E-state index in [0.717, 1.165) is 21.9 Å². The molecule has 2 nitrogen and oxygen atoms in total. The van der Waals surface area contributed by atoms with Gasteiger partial charge in [0, 0.05) is 10.7 Å². The highest BCUT2D eigenvalue weighted by atomic mass is 79.9. The third-order valence-corrected chi connectivity index (χ3v) is 2.99. The van der Waals surface area contributed by atoms with Gasteiger partial charge in [0.2, 0.25) is 0 Å². The molecule has 16 heavy (non-hydrogen) atoms. The van der Waals surface area contributed by atoms with E-state index in [1.165, 1.54) is 0 Å². The molecule has 1 aromatic carbocycles. The number of hydrogen-bond acceptors (Lipinski definition) is 2. The fourth-order valence-corrected chi connectivity index (χ4v) is 2.07. The van der Waals surface area contributed by atoms with Gasteiger partial charge in [-0.05, 0) is 29.3 Å². The molecule has 0 fully saturated rings. The van der Waals surface area contributed by atoms with Crippen molar-refractivity contribution in [1.29, 1.82) is 0 Å². The van der Waals surface area contributed by atoms with Crippen LogP contribution in [-0.4, -0.2) is 11.3 Å². The van der Waals surface area contributed by atoms with Crippen LogP contribution in [0.25, 0.3) is 11.1 Å². The van der Waals surface area contributed by atoms with Gasteiger partial charge in [-0.2, -0.15) is 0 Å². The second kappa shape index (κ2) is 4.76. The van der Waals surface area contributed by atoms with Crippen LogP contribution in [0.4, 0.5) is 0 Å². The van der Waals surface area contributed by atoms with Crippen molar-refractivity contribution in [2.75, 3.05) is 0 Å². The normalized spacial score (nSPS) is 10.1. The maximum atomic E-state index is 11.0. The van der Waals surface area contributed by atoms with Crippen molar-refractivity contribution < 1.29 is 4.79 Å². The average molecular weight is 297 g/mol. The fourth-order valence-electron chi connectivity index (χ4n) is 1.47. The molecular weight excluding hydrogens is 289 g/mol. The quantitative estimate of drug-likeness (QED) is 0.620. The van der Waals surface area contributed by atoms with Crippen molar-refractivity contribution >= 4 is 33.8 Å². The summed E-state index contributed by atoms with van der Waals surface area (Å²) in [6.45, 7) is 0. The zero-order chi connectivity index (χ0) is 11.5. The smallest absolute Gasteiger partial charge is 0.153 e. The Kier molecular flexibility index (Phi) is 3.36. The SMILES string of the molecule is O=Cc1c(-c2cccc(Br)c2)ccnc1Cl. The van der Waals surface area contributed by atoms with Gasteiger partial charge in [-0.1, -0.05) is 39.7 Å². The molecule has 2 aromatic rings. The van der Waals surface area contributed by atoms with E-state index >= 15 is 0 Å². The Hall–Kier alpha value is -1.19. The number of carbonyl (C=O) groups is 1. The molecule has 2 rings (SSSR count). The largest absolute Gasteiger partial charge is 0.298 e. The first-order chi connectivity index (χ1) is 7.72. The Labute approximate surface area is 106 Å². The number of hydrogen-bond donors (Lipinski definition) is 0. The fraction of sp³-hybridized carbons (Fsp3) is 0. The molecule has 0 aliphatic heterocycles. The highest BCUT2D eigenvalue weighted by Gasteiger charge is 2.09. The lowest BCUT2D eigenvalue weighted by Crippen LogP contribution is -1.91. The van der Waals surface area contributed by atoms with Gasteiger partial charge in [0.15, 0.2) is 6.29 Å². The molecule has 0 amide bonds. The molecule has 0 aliphatic rings. The summed E-state index contributed by atoms with van der Waals surface area (Å²) < 4.78 is 0.954. The predicted octanol–water partition coefficient (Wildman–Crippen LogP) is 3.98. The van der Waals surface area contributed by atoms with Crippen LogP contribution in [-0.2, 0) is 0 Å². The summed E-state index contributed by atoms with van der Waals surface area (Å²) in [5.74, 6) is 0. The number of benzene rings is 1. The molecule has 80 valence electrons. The summed E-state index contributed by atoms with van der Waals surface area (Å²) in [4.78, 5) is 14.9. The van der Waals surface area contributed by atoms with E-state index in [-0.39, 0.29) is 5.15 Å². The van der Waals surface area contributed by atoms with Gasteiger partial charge in [-0.3, -0.25) is 4.79 Å². The molecular formula is C12H7BrClNO. The van der Waals surface area contributed by atoms with E-state index in [4.69, 9.17) is 11.6 Å². The third-order valence-electron chi connectivity index (χ3n) is 2.19. The minimum absolute atomic E-state index is 0.229. The van der Waals surface area contributed by atoms with Gasteiger partial charge >= 0.3 is 0 Å². The Morgan fingerprint density at radius 1 is 1.31 bits per heavy atom. The number of nitrogens with zero attached hydrogens (tertiary/aromatic N) is 1. The van der Waals surface area contributed by atoms with Gasteiger partial charge in [0.05, 0.1) is 5.56 Å². The Bertz CT molecular complexity index is 542. The van der Waals surface area contributed by atoms with E-state index in [1.807, 2.05) is 24.3 Å². The molecule has 0 bridgehead atoms. The topological polar surface area (TPSA) is 30.0 Å². The maximum Gasteiger partial charge on any atom is 0.153 e. The van der Waals surface area contributed by atoms with Crippen LogP contribution in [0.1, 0.15) is 10.4 Å². The van der Waals surface area contributed by atoms with Crippen molar-refractivity contribution in [3.05, 3.63) is 51.7 Å². The molecule has 0 spiro atoms. The Balaban J connectivity index is 2.64. The zero-order valence-electron chi connectivity index (χ0n) is 8.15. The molecule has 0 aliphatic carbocycles. The van der Waals surface area contributed by atoms with Crippen molar-refractivity contribution in [2.45, 2.75) is 0 Å². The van der Waals surface area contributed by atoms with Gasteiger partial charge in [0.1, 0.15) is 5.15 Å². The second-order valence-corrected chi connectivity index (χ2v) is 4.46. The lowest BCUT2D eigenvalue weighted by Gasteiger charge is -2.06. The van der Waals surface area contributed by atoms with Crippen LogP contribution < -0.4 is 0 Å². The number of aromatic nitrogens is 1. The summed E-state index contributed by atoms with van der Waals surface area (Å²) >= 11 is 9.25. The standard InChI is InChI=1S/C12H7BrClNO/c13-9-3-1-2-8(6-9)10-4-5-15-12(14)11(10)7-16/h1-7H. The molecule has 0 unspecified atom stereocenters. The predicted molar refractivity (Wildman–Crippen MR) is 67.8 cm³/mol. The van der Waals surface area contributed by atoms with Crippen molar-refractivity contribution in [3.63, 3.8) is 0 Å². The van der Waals surface area contributed by atoms with E-state index in [1.54, 1.807) is 12.3 Å². The van der Waals surface area contributed by atoms with Gasteiger partial charge in [-0.25, -0.2) is 4.98 Å². The molecule has 1 heterocycles.